The third-order valence-corrected chi connectivity index (χ3v) is 3.06. The molecular weight excluding hydrogens is 248 g/mol. The van der Waals surface area contributed by atoms with Crippen molar-refractivity contribution in [1.82, 2.24) is 19.7 Å². The summed E-state index contributed by atoms with van der Waals surface area (Å²) in [7, 11) is 4.15. The van der Waals surface area contributed by atoms with Gasteiger partial charge >= 0.3 is 0 Å². The first kappa shape index (κ1) is 14.7. The second-order valence-corrected chi connectivity index (χ2v) is 6.50. The van der Waals surface area contributed by atoms with E-state index in [4.69, 9.17) is 0 Å². The molecule has 0 fully saturated rings. The van der Waals surface area contributed by atoms with E-state index in [9.17, 15) is 0 Å². The van der Waals surface area contributed by atoms with E-state index in [1.807, 2.05) is 11.6 Å². The Kier molecular flexibility index (Phi) is 3.95. The lowest BCUT2D eigenvalue weighted by molar-refractivity contribution is 0.358. The molecule has 0 atom stereocenters. The van der Waals surface area contributed by atoms with Crippen LogP contribution < -0.4 is 0 Å². The van der Waals surface area contributed by atoms with Gasteiger partial charge in [0.25, 0.3) is 0 Å². The zero-order valence-corrected chi connectivity index (χ0v) is 13.3. The third kappa shape index (κ3) is 3.25. The summed E-state index contributed by atoms with van der Waals surface area (Å²) in [6.07, 6.45) is 0. The summed E-state index contributed by atoms with van der Waals surface area (Å²) in [5, 5.41) is 4.53. The monoisotopic (exact) mass is 272 g/mol. The van der Waals surface area contributed by atoms with Gasteiger partial charge in [0.05, 0.1) is 5.54 Å². The average molecular weight is 272 g/mol. The van der Waals surface area contributed by atoms with Crippen LogP contribution >= 0.6 is 0 Å². The molecule has 2 aromatic rings. The third-order valence-electron chi connectivity index (χ3n) is 3.06. The number of hydrogen-bond donors (Lipinski definition) is 0. The SMILES string of the molecule is Cc1nc(-c2ccc(CN(C)C)cc2)n(C(C)(C)C)n1. The van der Waals surface area contributed by atoms with Gasteiger partial charge in [-0.05, 0) is 47.4 Å². The molecular formula is C16H24N4. The number of aryl methyl sites for hydroxylation is 1. The van der Waals surface area contributed by atoms with Crippen LogP contribution in [-0.2, 0) is 12.1 Å². The smallest absolute Gasteiger partial charge is 0.158 e. The fourth-order valence-corrected chi connectivity index (χ4v) is 2.19. The second kappa shape index (κ2) is 5.37. The van der Waals surface area contributed by atoms with E-state index < -0.39 is 0 Å². The highest BCUT2D eigenvalue weighted by molar-refractivity contribution is 5.56. The Morgan fingerprint density at radius 3 is 2.20 bits per heavy atom. The first-order valence-corrected chi connectivity index (χ1v) is 6.95. The Labute approximate surface area is 121 Å². The molecule has 20 heavy (non-hydrogen) atoms. The maximum absolute atomic E-state index is 4.58. The summed E-state index contributed by atoms with van der Waals surface area (Å²) in [5.74, 6) is 1.75. The molecule has 0 aliphatic rings. The first-order valence-electron chi connectivity index (χ1n) is 6.95. The highest BCUT2D eigenvalue weighted by Crippen LogP contribution is 2.24. The molecule has 0 unspecified atom stereocenters. The Morgan fingerprint density at radius 1 is 1.10 bits per heavy atom. The van der Waals surface area contributed by atoms with Crippen LogP contribution in [-0.4, -0.2) is 33.8 Å². The van der Waals surface area contributed by atoms with Crippen molar-refractivity contribution < 1.29 is 0 Å². The Balaban J connectivity index is 2.37. The van der Waals surface area contributed by atoms with Crippen molar-refractivity contribution in [3.63, 3.8) is 0 Å². The van der Waals surface area contributed by atoms with Crippen molar-refractivity contribution in [2.75, 3.05) is 14.1 Å². The highest BCUT2D eigenvalue weighted by atomic mass is 15.4. The number of rotatable bonds is 3. The lowest BCUT2D eigenvalue weighted by Gasteiger charge is -2.21. The molecule has 2 rings (SSSR count). The van der Waals surface area contributed by atoms with Crippen molar-refractivity contribution in [3.05, 3.63) is 35.7 Å². The van der Waals surface area contributed by atoms with Gasteiger partial charge in [-0.15, -0.1) is 0 Å². The quantitative estimate of drug-likeness (QED) is 0.861. The molecule has 4 nitrogen and oxygen atoms in total. The summed E-state index contributed by atoms with van der Waals surface area (Å²) in [5.41, 5.74) is 2.35. The summed E-state index contributed by atoms with van der Waals surface area (Å²) < 4.78 is 2.00. The lowest BCUT2D eigenvalue weighted by Crippen LogP contribution is -2.24. The van der Waals surface area contributed by atoms with Crippen molar-refractivity contribution in [2.24, 2.45) is 0 Å². The molecule has 4 heteroatoms. The standard InChI is InChI=1S/C16H24N4/c1-12-17-15(20(18-12)16(2,3)4)14-9-7-13(8-10-14)11-19(5)6/h7-10H,11H2,1-6H3. The summed E-state index contributed by atoms with van der Waals surface area (Å²) in [6.45, 7) is 9.32. The highest BCUT2D eigenvalue weighted by Gasteiger charge is 2.20. The second-order valence-electron chi connectivity index (χ2n) is 6.50. The molecule has 1 aromatic carbocycles. The van der Waals surface area contributed by atoms with Crippen LogP contribution in [0.5, 0.6) is 0 Å². The van der Waals surface area contributed by atoms with Crippen LogP contribution in [0, 0.1) is 6.92 Å². The fourth-order valence-electron chi connectivity index (χ4n) is 2.19. The number of benzene rings is 1. The van der Waals surface area contributed by atoms with Gasteiger partial charge in [0.15, 0.2) is 5.82 Å². The zero-order chi connectivity index (χ0) is 14.9. The molecule has 0 bridgehead atoms. The molecule has 0 spiro atoms. The van der Waals surface area contributed by atoms with Crippen molar-refractivity contribution in [2.45, 2.75) is 39.8 Å². The minimum absolute atomic E-state index is 0.0705. The normalized spacial score (nSPS) is 12.2. The largest absolute Gasteiger partial charge is 0.305 e. The molecule has 1 heterocycles. The molecule has 0 aliphatic carbocycles. The van der Waals surface area contributed by atoms with Gasteiger partial charge in [-0.3, -0.25) is 0 Å². The van der Waals surface area contributed by atoms with E-state index in [1.165, 1.54) is 5.56 Å². The van der Waals surface area contributed by atoms with E-state index >= 15 is 0 Å². The molecule has 0 radical (unpaired) electrons. The van der Waals surface area contributed by atoms with Crippen LogP contribution in [0.4, 0.5) is 0 Å². The van der Waals surface area contributed by atoms with Crippen LogP contribution in [0.2, 0.25) is 0 Å². The Hall–Kier alpha value is -1.68. The minimum Gasteiger partial charge on any atom is -0.305 e. The Bertz CT molecular complexity index is 574. The molecule has 0 N–H and O–H groups in total. The predicted octanol–water partition coefficient (Wildman–Crippen LogP) is 3.07. The molecule has 1 aromatic heterocycles. The maximum Gasteiger partial charge on any atom is 0.158 e. The summed E-state index contributed by atoms with van der Waals surface area (Å²) in [6, 6.07) is 8.58. The molecule has 0 saturated heterocycles. The molecule has 0 amide bonds. The van der Waals surface area contributed by atoms with Crippen LogP contribution in [0.1, 0.15) is 32.2 Å². The van der Waals surface area contributed by atoms with Crippen molar-refractivity contribution >= 4 is 0 Å². The van der Waals surface area contributed by atoms with Gasteiger partial charge in [-0.25, -0.2) is 9.67 Å². The number of nitrogens with zero attached hydrogens (tertiary/aromatic N) is 4. The van der Waals surface area contributed by atoms with Gasteiger partial charge in [0.1, 0.15) is 5.82 Å². The summed E-state index contributed by atoms with van der Waals surface area (Å²) in [4.78, 5) is 6.74. The van der Waals surface area contributed by atoms with Gasteiger partial charge in [0, 0.05) is 12.1 Å². The topological polar surface area (TPSA) is 34.0 Å². The van der Waals surface area contributed by atoms with Gasteiger partial charge in [-0.1, -0.05) is 24.3 Å². The summed E-state index contributed by atoms with van der Waals surface area (Å²) >= 11 is 0. The minimum atomic E-state index is -0.0705. The van der Waals surface area contributed by atoms with Crippen LogP contribution in [0.15, 0.2) is 24.3 Å². The van der Waals surface area contributed by atoms with E-state index in [-0.39, 0.29) is 5.54 Å². The maximum atomic E-state index is 4.58. The predicted molar refractivity (Wildman–Crippen MR) is 82.6 cm³/mol. The average Bonchev–Trinajstić information content (AvgIpc) is 2.71. The van der Waals surface area contributed by atoms with Gasteiger partial charge in [0.2, 0.25) is 0 Å². The van der Waals surface area contributed by atoms with Gasteiger partial charge < -0.3 is 4.90 Å². The van der Waals surface area contributed by atoms with Crippen LogP contribution in [0.3, 0.4) is 0 Å². The number of hydrogen-bond acceptors (Lipinski definition) is 3. The Morgan fingerprint density at radius 2 is 1.70 bits per heavy atom. The van der Waals surface area contributed by atoms with E-state index in [0.717, 1.165) is 23.8 Å². The van der Waals surface area contributed by atoms with Crippen molar-refractivity contribution in [1.29, 1.82) is 0 Å². The fraction of sp³-hybridized carbons (Fsp3) is 0.500. The first-order chi connectivity index (χ1) is 9.27. The molecule has 0 saturated carbocycles. The lowest BCUT2D eigenvalue weighted by atomic mass is 10.1. The van der Waals surface area contributed by atoms with Crippen molar-refractivity contribution in [3.8, 4) is 11.4 Å². The molecule has 0 aliphatic heterocycles. The van der Waals surface area contributed by atoms with E-state index in [2.05, 4.69) is 74.1 Å². The van der Waals surface area contributed by atoms with E-state index in [0.29, 0.717) is 0 Å². The molecule has 108 valence electrons. The van der Waals surface area contributed by atoms with Gasteiger partial charge in [-0.2, -0.15) is 5.10 Å². The zero-order valence-electron chi connectivity index (χ0n) is 13.3. The van der Waals surface area contributed by atoms with E-state index in [1.54, 1.807) is 0 Å². The number of aromatic nitrogens is 3. The van der Waals surface area contributed by atoms with Crippen LogP contribution in [0.25, 0.3) is 11.4 Å².